The minimum Gasteiger partial charge on any atom is -0.475 e. The number of nitrogens with one attached hydrogen (secondary N) is 1. The van der Waals surface area contributed by atoms with Gasteiger partial charge >= 0.3 is 24.3 Å². The van der Waals surface area contributed by atoms with Gasteiger partial charge in [0.15, 0.2) is 0 Å². The number of hydrogen-bond donors (Lipinski definition) is 4. The van der Waals surface area contributed by atoms with Crippen LogP contribution in [0.25, 0.3) is 32.9 Å². The van der Waals surface area contributed by atoms with Gasteiger partial charge in [0.2, 0.25) is 0 Å². The molecule has 0 bridgehead atoms. The number of aromatic nitrogens is 3. The van der Waals surface area contributed by atoms with Crippen molar-refractivity contribution < 1.29 is 46.1 Å². The number of fused-ring (bicyclic) bond motifs is 2. The molecule has 5 aromatic rings. The van der Waals surface area contributed by atoms with E-state index in [1.54, 1.807) is 12.4 Å². The summed E-state index contributed by atoms with van der Waals surface area (Å²) in [6.07, 6.45) is -5.82. The molecule has 0 amide bonds. The van der Waals surface area contributed by atoms with E-state index in [1.807, 2.05) is 18.2 Å². The molecule has 3 aromatic carbocycles. The number of benzene rings is 3. The summed E-state index contributed by atoms with van der Waals surface area (Å²) < 4.78 is 63.5. The monoisotopic (exact) mass is 592 g/mol. The molecular weight excluding hydrogens is 570 g/mol. The lowest BCUT2D eigenvalue weighted by Gasteiger charge is -2.11. The number of rotatable bonds is 4. The van der Waals surface area contributed by atoms with Gasteiger partial charge in [0, 0.05) is 12.4 Å². The van der Waals surface area contributed by atoms with Gasteiger partial charge in [0.25, 0.3) is 0 Å². The van der Waals surface area contributed by atoms with Gasteiger partial charge in [-0.3, -0.25) is 4.98 Å². The number of carboxylic acid groups (broad SMARTS) is 2. The van der Waals surface area contributed by atoms with Crippen molar-refractivity contribution in [3.63, 3.8) is 0 Å². The van der Waals surface area contributed by atoms with Crippen molar-refractivity contribution in [3.05, 3.63) is 96.6 Å². The molecule has 0 spiro atoms. The summed E-state index contributed by atoms with van der Waals surface area (Å²) in [7, 11) is 0. The third kappa shape index (κ3) is 8.51. The summed E-state index contributed by atoms with van der Waals surface area (Å²) in [5.41, 5.74) is 12.0. The van der Waals surface area contributed by atoms with Crippen molar-refractivity contribution in [2.24, 2.45) is 5.73 Å². The fourth-order valence-corrected chi connectivity index (χ4v) is 3.73. The quantitative estimate of drug-likeness (QED) is 0.180. The highest BCUT2D eigenvalue weighted by Gasteiger charge is 2.38. The second kappa shape index (κ2) is 13.1. The minimum absolute atomic E-state index is 0.192. The van der Waals surface area contributed by atoms with Crippen LogP contribution in [0.1, 0.15) is 17.4 Å². The zero-order valence-electron chi connectivity index (χ0n) is 21.3. The molecule has 0 aliphatic rings. The molecule has 42 heavy (non-hydrogen) atoms. The number of carbonyl (C=O) groups is 2. The van der Waals surface area contributed by atoms with Crippen LogP contribution in [-0.2, 0) is 16.0 Å². The first-order valence-corrected chi connectivity index (χ1v) is 11.9. The molecule has 5 N–H and O–H groups in total. The highest BCUT2D eigenvalue weighted by Crippen LogP contribution is 2.26. The van der Waals surface area contributed by atoms with Gasteiger partial charge in [0.05, 0.1) is 17.1 Å². The lowest BCUT2D eigenvalue weighted by atomic mass is 9.99. The zero-order chi connectivity index (χ0) is 31.1. The molecule has 0 fully saturated rings. The number of carboxylic acids is 2. The first kappa shape index (κ1) is 31.5. The van der Waals surface area contributed by atoms with Crippen LogP contribution in [0.2, 0.25) is 0 Å². The minimum atomic E-state index is -5.08. The maximum Gasteiger partial charge on any atom is 0.490 e. The Morgan fingerprint density at radius 1 is 0.810 bits per heavy atom. The second-order valence-electron chi connectivity index (χ2n) is 8.64. The summed E-state index contributed by atoms with van der Waals surface area (Å²) in [6, 6.07) is 24.8. The Kier molecular flexibility index (Phi) is 9.86. The van der Waals surface area contributed by atoms with Crippen molar-refractivity contribution in [2.75, 3.05) is 0 Å². The van der Waals surface area contributed by atoms with Gasteiger partial charge < -0.3 is 20.9 Å². The fourth-order valence-electron chi connectivity index (χ4n) is 3.73. The van der Waals surface area contributed by atoms with Crippen molar-refractivity contribution in [3.8, 4) is 11.1 Å². The maximum atomic E-state index is 10.6. The number of hydrogen-bond acceptors (Lipinski definition) is 5. The normalized spacial score (nSPS) is 12.1. The molecule has 0 radical (unpaired) electrons. The third-order valence-corrected chi connectivity index (χ3v) is 5.67. The van der Waals surface area contributed by atoms with E-state index in [2.05, 4.69) is 64.6 Å². The van der Waals surface area contributed by atoms with Crippen LogP contribution in [0.3, 0.4) is 0 Å². The number of nitrogens with zero attached hydrogens (tertiary/aromatic N) is 2. The molecule has 5 rings (SSSR count). The standard InChI is InChI=1S/C24H20N4.2C2HF3O2/c25-21(14-19-6-3-5-17-4-1-2-7-20(17)19)24-27-22-9-8-18(15-23(22)28-24)16-10-12-26-13-11-16;2*3-2(4,5)1(6)7/h1-13,15,21H,14,25H2,(H,27,28);2*(H,6,7)/t21-;;/m0../s1. The first-order chi connectivity index (χ1) is 19.7. The van der Waals surface area contributed by atoms with Gasteiger partial charge in [0.1, 0.15) is 5.82 Å². The molecule has 0 unspecified atom stereocenters. The highest BCUT2D eigenvalue weighted by atomic mass is 19.4. The van der Waals surface area contributed by atoms with Crippen molar-refractivity contribution in [1.82, 2.24) is 15.0 Å². The summed E-state index contributed by atoms with van der Waals surface area (Å²) >= 11 is 0. The summed E-state index contributed by atoms with van der Waals surface area (Å²) in [6.45, 7) is 0. The Bertz CT molecular complexity index is 1640. The fraction of sp³-hybridized carbons (Fsp3) is 0.143. The van der Waals surface area contributed by atoms with Gasteiger partial charge in [-0.1, -0.05) is 48.5 Å². The molecule has 2 heterocycles. The van der Waals surface area contributed by atoms with Crippen LogP contribution in [-0.4, -0.2) is 49.5 Å². The number of imidazole rings is 1. The van der Waals surface area contributed by atoms with Crippen LogP contribution in [0.15, 0.2) is 85.2 Å². The summed E-state index contributed by atoms with van der Waals surface area (Å²) in [5.74, 6) is -4.70. The maximum absolute atomic E-state index is 10.6. The Morgan fingerprint density at radius 2 is 1.38 bits per heavy atom. The van der Waals surface area contributed by atoms with Crippen molar-refractivity contribution >= 4 is 33.7 Å². The molecule has 14 heteroatoms. The van der Waals surface area contributed by atoms with E-state index < -0.39 is 24.3 Å². The molecule has 0 saturated heterocycles. The Morgan fingerprint density at radius 3 is 1.98 bits per heavy atom. The van der Waals surface area contributed by atoms with Crippen LogP contribution in [0.4, 0.5) is 26.3 Å². The molecule has 0 saturated carbocycles. The number of halogens is 6. The smallest absolute Gasteiger partial charge is 0.475 e. The largest absolute Gasteiger partial charge is 0.490 e. The number of aromatic amines is 1. The van der Waals surface area contributed by atoms with Gasteiger partial charge in [-0.25, -0.2) is 14.6 Å². The topological polar surface area (TPSA) is 142 Å². The van der Waals surface area contributed by atoms with Crippen molar-refractivity contribution in [1.29, 1.82) is 0 Å². The number of H-pyrrole nitrogens is 1. The molecule has 2 aromatic heterocycles. The lowest BCUT2D eigenvalue weighted by Crippen LogP contribution is -2.21. The number of aliphatic carboxylic acids is 2. The summed E-state index contributed by atoms with van der Waals surface area (Å²) in [5, 5.41) is 16.7. The first-order valence-electron chi connectivity index (χ1n) is 11.9. The lowest BCUT2D eigenvalue weighted by molar-refractivity contribution is -0.193. The SMILES string of the molecule is N[C@@H](Cc1cccc2ccccc12)c1nc2ccc(-c3ccncc3)cc2[nH]1.O=C(O)C(F)(F)F.O=C(O)C(F)(F)F. The zero-order valence-corrected chi connectivity index (χ0v) is 21.3. The van der Waals surface area contributed by atoms with Gasteiger partial charge in [-0.2, -0.15) is 26.3 Å². The number of nitrogens with two attached hydrogens (primary N) is 1. The van der Waals surface area contributed by atoms with E-state index in [1.165, 1.54) is 16.3 Å². The molecule has 8 nitrogen and oxygen atoms in total. The van der Waals surface area contributed by atoms with E-state index in [4.69, 9.17) is 30.5 Å². The molecular formula is C28H22F6N4O4. The molecule has 0 aliphatic heterocycles. The van der Waals surface area contributed by atoms with Crippen LogP contribution in [0, 0.1) is 0 Å². The van der Waals surface area contributed by atoms with Gasteiger partial charge in [-0.05, 0) is 58.1 Å². The van der Waals surface area contributed by atoms with Crippen LogP contribution in [0.5, 0.6) is 0 Å². The van der Waals surface area contributed by atoms with E-state index >= 15 is 0 Å². The number of pyridine rings is 1. The van der Waals surface area contributed by atoms with Crippen molar-refractivity contribution in [2.45, 2.75) is 24.8 Å². The molecule has 1 atom stereocenters. The Hall–Kier alpha value is -4.98. The Balaban J connectivity index is 0.000000289. The highest BCUT2D eigenvalue weighted by molar-refractivity contribution is 5.86. The average molecular weight is 592 g/mol. The van der Waals surface area contributed by atoms with E-state index in [9.17, 15) is 26.3 Å². The van der Waals surface area contributed by atoms with Crippen LogP contribution >= 0.6 is 0 Å². The van der Waals surface area contributed by atoms with E-state index in [0.29, 0.717) is 0 Å². The van der Waals surface area contributed by atoms with E-state index in [0.717, 1.165) is 34.4 Å². The number of alkyl halides is 6. The predicted octanol–water partition coefficient (Wildman–Crippen LogP) is 6.29. The predicted molar refractivity (Wildman–Crippen MR) is 141 cm³/mol. The Labute approximate surface area is 233 Å². The second-order valence-corrected chi connectivity index (χ2v) is 8.64. The van der Waals surface area contributed by atoms with Crippen LogP contribution < -0.4 is 5.73 Å². The third-order valence-electron chi connectivity index (χ3n) is 5.67. The average Bonchev–Trinajstić information content (AvgIpc) is 3.37. The summed E-state index contributed by atoms with van der Waals surface area (Å²) in [4.78, 5) is 30.0. The van der Waals surface area contributed by atoms with Gasteiger partial charge in [-0.15, -0.1) is 0 Å². The molecule has 220 valence electrons. The molecule has 0 aliphatic carbocycles. The van der Waals surface area contributed by atoms with E-state index in [-0.39, 0.29) is 6.04 Å².